The van der Waals surface area contributed by atoms with Crippen LogP contribution in [-0.2, 0) is 6.42 Å². The molecule has 0 radical (unpaired) electrons. The van der Waals surface area contributed by atoms with Gasteiger partial charge in [-0.3, -0.25) is 0 Å². The molecule has 1 aromatic heterocycles. The smallest absolute Gasteiger partial charge is 0.137 e. The molecule has 0 amide bonds. The van der Waals surface area contributed by atoms with Crippen molar-refractivity contribution in [2.45, 2.75) is 32.7 Å². The second-order valence-electron chi connectivity index (χ2n) is 3.41. The Labute approximate surface area is 95.6 Å². The Morgan fingerprint density at radius 3 is 2.93 bits per heavy atom. The van der Waals surface area contributed by atoms with Crippen molar-refractivity contribution in [2.75, 3.05) is 5.32 Å². The van der Waals surface area contributed by atoms with E-state index < -0.39 is 0 Å². The average Bonchev–Trinajstić information content (AvgIpc) is 2.18. The van der Waals surface area contributed by atoms with Gasteiger partial charge in [0.05, 0.1) is 0 Å². The Bertz CT molecular complexity index is 339. The molecule has 1 aromatic rings. The second kappa shape index (κ2) is 5.71. The zero-order valence-electron chi connectivity index (χ0n) is 9.13. The first-order valence-electron chi connectivity index (χ1n) is 5.05. The van der Waals surface area contributed by atoms with Gasteiger partial charge in [0.15, 0.2) is 0 Å². The molecule has 1 atom stereocenters. The van der Waals surface area contributed by atoms with Crippen molar-refractivity contribution in [2.24, 2.45) is 0 Å². The van der Waals surface area contributed by atoms with Crippen molar-refractivity contribution < 1.29 is 0 Å². The van der Waals surface area contributed by atoms with E-state index in [2.05, 4.69) is 28.8 Å². The lowest BCUT2D eigenvalue weighted by Gasteiger charge is -2.15. The lowest BCUT2D eigenvalue weighted by molar-refractivity contribution is 0.801. The molecule has 0 saturated carbocycles. The maximum absolute atomic E-state index is 5.98. The summed E-state index contributed by atoms with van der Waals surface area (Å²) in [6, 6.07) is 0.304. The zero-order valence-corrected chi connectivity index (χ0v) is 9.88. The molecule has 4 heteroatoms. The number of rotatable bonds is 5. The summed E-state index contributed by atoms with van der Waals surface area (Å²) in [4.78, 5) is 8.15. The summed E-state index contributed by atoms with van der Waals surface area (Å²) < 4.78 is 0. The number of halogens is 1. The van der Waals surface area contributed by atoms with Crippen LogP contribution in [0, 0.1) is 0 Å². The molecule has 0 aliphatic carbocycles. The first kappa shape index (κ1) is 12.0. The molecule has 1 unspecified atom stereocenters. The van der Waals surface area contributed by atoms with Gasteiger partial charge in [-0.1, -0.05) is 24.6 Å². The Hall–Kier alpha value is -1.09. The van der Waals surface area contributed by atoms with Gasteiger partial charge >= 0.3 is 0 Å². The van der Waals surface area contributed by atoms with Crippen LogP contribution in [0.5, 0.6) is 0 Å². The molecule has 0 spiro atoms. The van der Waals surface area contributed by atoms with Gasteiger partial charge in [-0.25, -0.2) is 9.97 Å². The van der Waals surface area contributed by atoms with Gasteiger partial charge in [-0.05, 0) is 19.8 Å². The number of aromatic nitrogens is 2. The van der Waals surface area contributed by atoms with E-state index in [1.165, 1.54) is 6.33 Å². The summed E-state index contributed by atoms with van der Waals surface area (Å²) in [5, 5.41) is 3.82. The van der Waals surface area contributed by atoms with Gasteiger partial charge in [0.1, 0.15) is 17.3 Å². The maximum atomic E-state index is 5.98. The molecule has 3 nitrogen and oxygen atoms in total. The topological polar surface area (TPSA) is 37.8 Å². The highest BCUT2D eigenvalue weighted by atomic mass is 35.5. The summed E-state index contributed by atoms with van der Waals surface area (Å²) in [7, 11) is 0. The first-order chi connectivity index (χ1) is 7.19. The molecule has 1 rings (SSSR count). The van der Waals surface area contributed by atoms with Crippen molar-refractivity contribution in [3.05, 3.63) is 29.7 Å². The van der Waals surface area contributed by atoms with Crippen LogP contribution in [0.25, 0.3) is 0 Å². The minimum atomic E-state index is 0.304. The fourth-order valence-electron chi connectivity index (χ4n) is 1.37. The van der Waals surface area contributed by atoms with Crippen molar-refractivity contribution in [1.82, 2.24) is 9.97 Å². The summed E-state index contributed by atoms with van der Waals surface area (Å²) in [6.07, 6.45) is 5.07. The van der Waals surface area contributed by atoms with Crippen molar-refractivity contribution >= 4 is 17.4 Å². The minimum absolute atomic E-state index is 0.304. The van der Waals surface area contributed by atoms with Gasteiger partial charge in [0.25, 0.3) is 0 Å². The molecule has 0 fully saturated rings. The van der Waals surface area contributed by atoms with Crippen LogP contribution < -0.4 is 5.32 Å². The van der Waals surface area contributed by atoms with Crippen molar-refractivity contribution in [3.63, 3.8) is 0 Å². The van der Waals surface area contributed by atoms with E-state index in [4.69, 9.17) is 11.6 Å². The molecular weight excluding hydrogens is 210 g/mol. The van der Waals surface area contributed by atoms with E-state index in [0.717, 1.165) is 24.2 Å². The first-order valence-corrected chi connectivity index (χ1v) is 5.43. The molecule has 1 N–H and O–H groups in total. The minimum Gasteiger partial charge on any atom is -0.367 e. The van der Waals surface area contributed by atoms with Gasteiger partial charge in [-0.2, -0.15) is 0 Å². The summed E-state index contributed by atoms with van der Waals surface area (Å²) in [6.45, 7) is 7.82. The number of nitrogens with one attached hydrogen (secondary N) is 1. The molecule has 15 heavy (non-hydrogen) atoms. The monoisotopic (exact) mass is 225 g/mol. The Kier molecular flexibility index (Phi) is 4.56. The molecule has 0 aromatic carbocycles. The van der Waals surface area contributed by atoms with E-state index in [-0.39, 0.29) is 0 Å². The zero-order chi connectivity index (χ0) is 11.3. The highest BCUT2D eigenvalue weighted by Gasteiger charge is 2.09. The fourth-order valence-corrected chi connectivity index (χ4v) is 1.64. The third-order valence-corrected chi connectivity index (χ3v) is 2.48. The fraction of sp³-hybridized carbons (Fsp3) is 0.455. The molecule has 1 heterocycles. The van der Waals surface area contributed by atoms with Crippen LogP contribution in [0.4, 0.5) is 5.82 Å². The van der Waals surface area contributed by atoms with Gasteiger partial charge in [-0.15, -0.1) is 6.58 Å². The number of anilines is 1. The van der Waals surface area contributed by atoms with Crippen LogP contribution >= 0.6 is 11.6 Å². The highest BCUT2D eigenvalue weighted by Crippen LogP contribution is 2.21. The molecule has 0 aliphatic rings. The van der Waals surface area contributed by atoms with Crippen molar-refractivity contribution in [1.29, 1.82) is 0 Å². The Morgan fingerprint density at radius 1 is 1.60 bits per heavy atom. The van der Waals surface area contributed by atoms with Crippen LogP contribution in [0.1, 0.15) is 25.8 Å². The Morgan fingerprint density at radius 2 is 2.33 bits per heavy atom. The molecule has 82 valence electrons. The largest absolute Gasteiger partial charge is 0.367 e. The van der Waals surface area contributed by atoms with E-state index in [9.17, 15) is 0 Å². The van der Waals surface area contributed by atoms with Gasteiger partial charge in [0, 0.05) is 11.6 Å². The lowest BCUT2D eigenvalue weighted by Crippen LogP contribution is -2.16. The number of hydrogen-bond acceptors (Lipinski definition) is 3. The predicted octanol–water partition coefficient (Wildman–Crippen LogP) is 3.07. The molecule has 0 saturated heterocycles. The van der Waals surface area contributed by atoms with E-state index in [1.807, 2.05) is 13.0 Å². The van der Waals surface area contributed by atoms with Crippen LogP contribution in [0.15, 0.2) is 19.0 Å². The van der Waals surface area contributed by atoms with Crippen molar-refractivity contribution in [3.8, 4) is 0 Å². The van der Waals surface area contributed by atoms with Gasteiger partial charge in [0.2, 0.25) is 0 Å². The standard InChI is InChI=1S/C11H16ClN3/c1-4-6-8(3)15-11-9(5-2)10(12)13-7-14-11/h4,7-8H,1,5-6H2,2-3H3,(H,13,14,15). The third-order valence-electron chi connectivity index (χ3n) is 2.15. The molecule has 0 bridgehead atoms. The second-order valence-corrected chi connectivity index (χ2v) is 3.77. The van der Waals surface area contributed by atoms with Crippen LogP contribution in [-0.4, -0.2) is 16.0 Å². The van der Waals surface area contributed by atoms with E-state index in [1.54, 1.807) is 0 Å². The highest BCUT2D eigenvalue weighted by molar-refractivity contribution is 6.30. The Balaban J connectivity index is 2.84. The lowest BCUT2D eigenvalue weighted by atomic mass is 10.2. The number of nitrogens with zero attached hydrogens (tertiary/aromatic N) is 2. The van der Waals surface area contributed by atoms with E-state index >= 15 is 0 Å². The summed E-state index contributed by atoms with van der Waals surface area (Å²) in [5.74, 6) is 0.826. The predicted molar refractivity (Wildman–Crippen MR) is 64.3 cm³/mol. The molecular formula is C11H16ClN3. The SMILES string of the molecule is C=CCC(C)Nc1ncnc(Cl)c1CC. The van der Waals surface area contributed by atoms with E-state index in [0.29, 0.717) is 11.2 Å². The van der Waals surface area contributed by atoms with Crippen LogP contribution in [0.2, 0.25) is 5.15 Å². The molecule has 0 aliphatic heterocycles. The maximum Gasteiger partial charge on any atom is 0.137 e. The summed E-state index contributed by atoms with van der Waals surface area (Å²) in [5.41, 5.74) is 0.968. The van der Waals surface area contributed by atoms with Crippen LogP contribution in [0.3, 0.4) is 0 Å². The third kappa shape index (κ3) is 3.20. The number of hydrogen-bond donors (Lipinski definition) is 1. The van der Waals surface area contributed by atoms with Gasteiger partial charge < -0.3 is 5.32 Å². The summed E-state index contributed by atoms with van der Waals surface area (Å²) >= 11 is 5.98. The normalized spacial score (nSPS) is 12.2. The quantitative estimate of drug-likeness (QED) is 0.618. The average molecular weight is 226 g/mol.